The van der Waals surface area contributed by atoms with Gasteiger partial charge in [-0.2, -0.15) is 0 Å². The van der Waals surface area contributed by atoms with E-state index in [2.05, 4.69) is 5.32 Å². The van der Waals surface area contributed by atoms with Crippen molar-refractivity contribution in [3.63, 3.8) is 0 Å². The summed E-state index contributed by atoms with van der Waals surface area (Å²) in [5.74, 6) is -0.594. The molecular weight excluding hydrogens is 272 g/mol. The van der Waals surface area contributed by atoms with Crippen molar-refractivity contribution in [3.05, 3.63) is 35.9 Å². The van der Waals surface area contributed by atoms with E-state index in [1.807, 2.05) is 6.07 Å². The highest BCUT2D eigenvalue weighted by Gasteiger charge is 2.31. The van der Waals surface area contributed by atoms with Crippen molar-refractivity contribution < 1.29 is 19.5 Å². The zero-order valence-electron chi connectivity index (χ0n) is 11.6. The lowest BCUT2D eigenvalue weighted by molar-refractivity contribution is -0.126. The summed E-state index contributed by atoms with van der Waals surface area (Å²) in [7, 11) is 0. The fourth-order valence-corrected chi connectivity index (χ4v) is 2.44. The summed E-state index contributed by atoms with van der Waals surface area (Å²) < 4.78 is 0. The minimum absolute atomic E-state index is 0.118. The number of rotatable bonds is 4. The van der Waals surface area contributed by atoms with Crippen LogP contribution in [-0.4, -0.2) is 46.9 Å². The first-order chi connectivity index (χ1) is 10.1. The van der Waals surface area contributed by atoms with Crippen LogP contribution < -0.4 is 5.32 Å². The molecule has 1 aromatic rings. The minimum Gasteiger partial charge on any atom is -0.465 e. The normalized spacial score (nSPS) is 18.1. The molecule has 1 atom stereocenters. The SMILES string of the molecule is O=C(CNC(=O)C1CCCCN1C(=O)O)c1ccccc1. The number of carboxylic acid groups (broad SMARTS) is 1. The van der Waals surface area contributed by atoms with Gasteiger partial charge in [0.25, 0.3) is 0 Å². The molecule has 112 valence electrons. The number of hydrogen-bond acceptors (Lipinski definition) is 3. The van der Waals surface area contributed by atoms with E-state index in [1.165, 1.54) is 0 Å². The summed E-state index contributed by atoms with van der Waals surface area (Å²) >= 11 is 0. The molecule has 1 unspecified atom stereocenters. The monoisotopic (exact) mass is 290 g/mol. The molecule has 1 aromatic carbocycles. The van der Waals surface area contributed by atoms with Crippen LogP contribution >= 0.6 is 0 Å². The smallest absolute Gasteiger partial charge is 0.407 e. The Kier molecular flexibility index (Phi) is 4.92. The molecule has 1 heterocycles. The first-order valence-electron chi connectivity index (χ1n) is 6.95. The van der Waals surface area contributed by atoms with Gasteiger partial charge in [0.1, 0.15) is 6.04 Å². The number of amides is 2. The maximum absolute atomic E-state index is 12.1. The largest absolute Gasteiger partial charge is 0.465 e. The van der Waals surface area contributed by atoms with Gasteiger partial charge in [-0.25, -0.2) is 4.79 Å². The van der Waals surface area contributed by atoms with Gasteiger partial charge in [-0.15, -0.1) is 0 Å². The Labute approximate surface area is 122 Å². The molecule has 0 bridgehead atoms. The van der Waals surface area contributed by atoms with E-state index in [1.54, 1.807) is 24.3 Å². The zero-order chi connectivity index (χ0) is 15.2. The topological polar surface area (TPSA) is 86.7 Å². The second kappa shape index (κ2) is 6.88. The molecule has 6 nitrogen and oxygen atoms in total. The second-order valence-corrected chi connectivity index (χ2v) is 4.99. The van der Waals surface area contributed by atoms with E-state index >= 15 is 0 Å². The molecule has 2 amide bonds. The number of carbonyl (C=O) groups is 3. The average molecular weight is 290 g/mol. The summed E-state index contributed by atoms with van der Waals surface area (Å²) in [4.78, 5) is 36.2. The maximum Gasteiger partial charge on any atom is 0.407 e. The average Bonchev–Trinajstić information content (AvgIpc) is 2.53. The molecule has 0 radical (unpaired) electrons. The first kappa shape index (κ1) is 15.0. The van der Waals surface area contributed by atoms with Gasteiger partial charge in [-0.1, -0.05) is 30.3 Å². The number of carbonyl (C=O) groups excluding carboxylic acids is 2. The van der Waals surface area contributed by atoms with E-state index in [0.717, 1.165) is 17.7 Å². The van der Waals surface area contributed by atoms with Gasteiger partial charge in [-0.05, 0) is 19.3 Å². The molecule has 1 saturated heterocycles. The van der Waals surface area contributed by atoms with Crippen molar-refractivity contribution in [1.29, 1.82) is 0 Å². The predicted octanol–water partition coefficient (Wildman–Crippen LogP) is 1.52. The third-order valence-corrected chi connectivity index (χ3v) is 3.57. The van der Waals surface area contributed by atoms with Crippen LogP contribution in [0.4, 0.5) is 4.79 Å². The number of nitrogens with one attached hydrogen (secondary N) is 1. The highest BCUT2D eigenvalue weighted by Crippen LogP contribution is 2.17. The zero-order valence-corrected chi connectivity index (χ0v) is 11.6. The van der Waals surface area contributed by atoms with Crippen molar-refractivity contribution in [2.75, 3.05) is 13.1 Å². The molecule has 1 aliphatic heterocycles. The maximum atomic E-state index is 12.1. The van der Waals surface area contributed by atoms with E-state index in [-0.39, 0.29) is 12.3 Å². The number of piperidine rings is 1. The van der Waals surface area contributed by atoms with Crippen molar-refractivity contribution in [2.24, 2.45) is 0 Å². The standard InChI is InChI=1S/C15H18N2O4/c18-13(11-6-2-1-3-7-11)10-16-14(19)12-8-4-5-9-17(12)15(20)21/h1-3,6-7,12H,4-5,8-10H2,(H,16,19)(H,20,21). The molecule has 6 heteroatoms. The van der Waals surface area contributed by atoms with Gasteiger partial charge in [0.05, 0.1) is 6.54 Å². The number of likely N-dealkylation sites (tertiary alicyclic amines) is 1. The van der Waals surface area contributed by atoms with Gasteiger partial charge >= 0.3 is 6.09 Å². The van der Waals surface area contributed by atoms with Crippen LogP contribution in [0.1, 0.15) is 29.6 Å². The molecule has 1 fully saturated rings. The summed E-state index contributed by atoms with van der Waals surface area (Å²) in [6.45, 7) is 0.243. The fraction of sp³-hybridized carbons (Fsp3) is 0.400. The Balaban J connectivity index is 1.92. The second-order valence-electron chi connectivity index (χ2n) is 4.99. The summed E-state index contributed by atoms with van der Waals surface area (Å²) in [6.07, 6.45) is 0.981. The Morgan fingerprint density at radius 1 is 1.19 bits per heavy atom. The van der Waals surface area contributed by atoms with Gasteiger partial charge in [0.15, 0.2) is 5.78 Å². The van der Waals surface area contributed by atoms with Crippen LogP contribution in [0.2, 0.25) is 0 Å². The molecule has 2 N–H and O–H groups in total. The van der Waals surface area contributed by atoms with Gasteiger partial charge in [-0.3, -0.25) is 14.5 Å². The van der Waals surface area contributed by atoms with Crippen molar-refractivity contribution >= 4 is 17.8 Å². The fourth-order valence-electron chi connectivity index (χ4n) is 2.44. The third-order valence-electron chi connectivity index (χ3n) is 3.57. The Morgan fingerprint density at radius 2 is 1.90 bits per heavy atom. The van der Waals surface area contributed by atoms with Crippen LogP contribution in [-0.2, 0) is 4.79 Å². The molecule has 0 aliphatic carbocycles. The van der Waals surface area contributed by atoms with Crippen LogP contribution in [0.25, 0.3) is 0 Å². The van der Waals surface area contributed by atoms with Gasteiger partial charge in [0.2, 0.25) is 5.91 Å². The van der Waals surface area contributed by atoms with Crippen molar-refractivity contribution in [1.82, 2.24) is 10.2 Å². The van der Waals surface area contributed by atoms with E-state index in [9.17, 15) is 14.4 Å². The van der Waals surface area contributed by atoms with E-state index in [4.69, 9.17) is 5.11 Å². The van der Waals surface area contributed by atoms with E-state index < -0.39 is 18.0 Å². The first-order valence-corrected chi connectivity index (χ1v) is 6.95. The lowest BCUT2D eigenvalue weighted by atomic mass is 10.0. The summed E-state index contributed by atoms with van der Waals surface area (Å²) in [5, 5.41) is 11.6. The summed E-state index contributed by atoms with van der Waals surface area (Å²) in [5.41, 5.74) is 0.525. The molecule has 0 saturated carbocycles. The number of ketones is 1. The quantitative estimate of drug-likeness (QED) is 0.823. The lowest BCUT2D eigenvalue weighted by Crippen LogP contribution is -2.52. The number of nitrogens with zero attached hydrogens (tertiary/aromatic N) is 1. The van der Waals surface area contributed by atoms with Crippen LogP contribution in [0.15, 0.2) is 30.3 Å². The molecule has 21 heavy (non-hydrogen) atoms. The highest BCUT2D eigenvalue weighted by atomic mass is 16.4. The third kappa shape index (κ3) is 3.81. The van der Waals surface area contributed by atoms with Crippen LogP contribution in [0.3, 0.4) is 0 Å². The predicted molar refractivity (Wildman–Crippen MR) is 76.2 cm³/mol. The van der Waals surface area contributed by atoms with Crippen molar-refractivity contribution in [3.8, 4) is 0 Å². The van der Waals surface area contributed by atoms with Crippen LogP contribution in [0.5, 0.6) is 0 Å². The van der Waals surface area contributed by atoms with Crippen LogP contribution in [0, 0.1) is 0 Å². The summed E-state index contributed by atoms with van der Waals surface area (Å²) in [6, 6.07) is 7.98. The van der Waals surface area contributed by atoms with Gasteiger partial charge < -0.3 is 10.4 Å². The molecule has 1 aliphatic rings. The highest BCUT2D eigenvalue weighted by molar-refractivity contribution is 5.99. The number of Topliss-reactive ketones (excluding diaryl/α,β-unsaturated/α-hetero) is 1. The van der Waals surface area contributed by atoms with Gasteiger partial charge in [0, 0.05) is 12.1 Å². The number of hydrogen-bond donors (Lipinski definition) is 2. The Bertz CT molecular complexity index is 530. The molecule has 0 aromatic heterocycles. The minimum atomic E-state index is -1.09. The lowest BCUT2D eigenvalue weighted by Gasteiger charge is -2.32. The molecular formula is C15H18N2O4. The van der Waals surface area contributed by atoms with E-state index in [0.29, 0.717) is 18.5 Å². The Hall–Kier alpha value is -2.37. The Morgan fingerprint density at radius 3 is 2.57 bits per heavy atom. The van der Waals surface area contributed by atoms with Crippen molar-refractivity contribution in [2.45, 2.75) is 25.3 Å². The molecule has 2 rings (SSSR count). The molecule has 0 spiro atoms. The number of benzene rings is 1.